The Balaban J connectivity index is 1.40. The number of hydrogen-bond donors (Lipinski definition) is 1. The molecule has 1 amide bonds. The predicted molar refractivity (Wildman–Crippen MR) is 172 cm³/mol. The molecular weight excluding hydrogens is 587 g/mol. The number of carbonyl (C=O) groups excluding carboxylic acids is 2. The van der Waals surface area contributed by atoms with E-state index in [1.165, 1.54) is 20.3 Å². The van der Waals surface area contributed by atoms with Crippen LogP contribution in [0.1, 0.15) is 39.7 Å². The van der Waals surface area contributed by atoms with E-state index < -0.39 is 0 Å². The van der Waals surface area contributed by atoms with E-state index in [0.717, 1.165) is 66.5 Å². The Labute approximate surface area is 261 Å². The third-order valence-corrected chi connectivity index (χ3v) is 8.73. The lowest BCUT2D eigenvalue weighted by Gasteiger charge is -2.35. The first-order valence-corrected chi connectivity index (χ1v) is 14.9. The number of likely N-dealkylation sites (N-methyl/N-ethyl adjacent to an activating group) is 1. The minimum absolute atomic E-state index is 0.138. The zero-order chi connectivity index (χ0) is 30.7. The van der Waals surface area contributed by atoms with Gasteiger partial charge in [-0.2, -0.15) is 0 Å². The summed E-state index contributed by atoms with van der Waals surface area (Å²) in [7, 11) is 2.94. The highest BCUT2D eigenvalue weighted by molar-refractivity contribution is 6.43. The van der Waals surface area contributed by atoms with Gasteiger partial charge in [0.15, 0.2) is 5.78 Å². The lowest BCUT2D eigenvalue weighted by molar-refractivity contribution is -0.111. The van der Waals surface area contributed by atoms with Gasteiger partial charge in [-0.1, -0.05) is 42.8 Å². The van der Waals surface area contributed by atoms with Gasteiger partial charge in [0.2, 0.25) is 5.91 Å². The van der Waals surface area contributed by atoms with Gasteiger partial charge >= 0.3 is 0 Å². The van der Waals surface area contributed by atoms with E-state index >= 15 is 0 Å². The van der Waals surface area contributed by atoms with Crippen LogP contribution in [0.15, 0.2) is 54.8 Å². The van der Waals surface area contributed by atoms with Gasteiger partial charge in [0.1, 0.15) is 11.5 Å². The minimum atomic E-state index is -0.297. The van der Waals surface area contributed by atoms with Crippen LogP contribution < -0.4 is 19.7 Å². The van der Waals surface area contributed by atoms with Crippen molar-refractivity contribution in [1.29, 1.82) is 0 Å². The summed E-state index contributed by atoms with van der Waals surface area (Å²) in [5.74, 6) is 0.0447. The number of rotatable bonds is 10. The molecule has 0 unspecified atom stereocenters. The quantitative estimate of drug-likeness (QED) is 0.217. The molecule has 10 heteroatoms. The van der Waals surface area contributed by atoms with Gasteiger partial charge in [0, 0.05) is 73.9 Å². The number of anilines is 2. The van der Waals surface area contributed by atoms with Crippen molar-refractivity contribution >= 4 is 52.3 Å². The van der Waals surface area contributed by atoms with Gasteiger partial charge in [0.05, 0.1) is 29.8 Å². The summed E-state index contributed by atoms with van der Waals surface area (Å²) in [6, 6.07) is 9.70. The zero-order valence-corrected chi connectivity index (χ0v) is 26.0. The molecule has 0 atom stereocenters. The van der Waals surface area contributed by atoms with E-state index in [1.54, 1.807) is 12.3 Å². The summed E-state index contributed by atoms with van der Waals surface area (Å²) in [6.07, 6.45) is 5.80. The molecule has 2 aliphatic rings. The van der Waals surface area contributed by atoms with Gasteiger partial charge in [-0.05, 0) is 53.6 Å². The Morgan fingerprint density at radius 2 is 1.74 bits per heavy atom. The number of aromatic nitrogens is 1. The SMILES string of the molecule is C=CC(=O)Nc1cc(N2CCN(CC)CC2)ccc1Cc1cc2c(cn1)CC(C(=O)c1c(Cl)c(OC)cc(OC)c1Cl)=C2. The van der Waals surface area contributed by atoms with Gasteiger partial charge < -0.3 is 24.6 Å². The lowest BCUT2D eigenvalue weighted by atomic mass is 10.0. The third-order valence-electron chi connectivity index (χ3n) is 7.98. The van der Waals surface area contributed by atoms with Crippen LogP contribution in [0.3, 0.4) is 0 Å². The third kappa shape index (κ3) is 6.42. The number of ketones is 1. The first-order chi connectivity index (χ1) is 20.8. The maximum absolute atomic E-state index is 13.6. The van der Waals surface area contributed by atoms with Crippen molar-refractivity contribution in [3.8, 4) is 11.5 Å². The summed E-state index contributed by atoms with van der Waals surface area (Å²) in [5, 5.41) is 3.25. The molecule has 1 aliphatic carbocycles. The Hall–Kier alpha value is -3.85. The van der Waals surface area contributed by atoms with Crippen molar-refractivity contribution in [2.45, 2.75) is 19.8 Å². The first kappa shape index (κ1) is 30.6. The molecule has 0 radical (unpaired) electrons. The standard InChI is InChI=1S/C33H34Cl2N4O4/c1-5-29(40)37-26-17-25(39-11-9-38(6-2)10-12-39)8-7-20(26)15-24-16-21-13-22(14-23(21)19-36-24)33(41)30-31(34)27(42-3)18-28(43-4)32(30)35/h5,7-8,13,16-19H,1,6,9-12,14-15H2,2-4H3,(H,37,40). The number of benzene rings is 2. The molecule has 2 heterocycles. The fraction of sp³-hybridized carbons (Fsp3) is 0.303. The molecule has 3 aromatic rings. The molecule has 1 fully saturated rings. The van der Waals surface area contributed by atoms with Crippen molar-refractivity contribution in [3.05, 3.63) is 92.7 Å². The average Bonchev–Trinajstić information content (AvgIpc) is 3.45. The Morgan fingerprint density at radius 1 is 1.05 bits per heavy atom. The van der Waals surface area contributed by atoms with Gasteiger partial charge in [0.25, 0.3) is 0 Å². The highest BCUT2D eigenvalue weighted by Crippen LogP contribution is 2.42. The number of fused-ring (bicyclic) bond motifs is 1. The highest BCUT2D eigenvalue weighted by Gasteiger charge is 2.28. The number of ether oxygens (including phenoxy) is 2. The number of allylic oxidation sites excluding steroid dienone is 1. The lowest BCUT2D eigenvalue weighted by Crippen LogP contribution is -2.46. The molecule has 1 aliphatic heterocycles. The van der Waals surface area contributed by atoms with Crippen molar-refractivity contribution in [2.24, 2.45) is 0 Å². The van der Waals surface area contributed by atoms with E-state index in [4.69, 9.17) is 32.7 Å². The smallest absolute Gasteiger partial charge is 0.247 e. The largest absolute Gasteiger partial charge is 0.495 e. The summed E-state index contributed by atoms with van der Waals surface area (Å²) < 4.78 is 10.7. The fourth-order valence-electron chi connectivity index (χ4n) is 5.49. The summed E-state index contributed by atoms with van der Waals surface area (Å²) in [4.78, 5) is 35.4. The maximum Gasteiger partial charge on any atom is 0.247 e. The van der Waals surface area contributed by atoms with Crippen molar-refractivity contribution in [1.82, 2.24) is 9.88 Å². The van der Waals surface area contributed by atoms with Gasteiger partial charge in [-0.3, -0.25) is 14.6 Å². The number of methoxy groups -OCH3 is 2. The van der Waals surface area contributed by atoms with E-state index in [2.05, 4.69) is 39.7 Å². The molecule has 2 aromatic carbocycles. The van der Waals surface area contributed by atoms with Crippen molar-refractivity contribution < 1.29 is 19.1 Å². The normalized spacial score (nSPS) is 14.6. The van der Waals surface area contributed by atoms with Crippen LogP contribution in [0, 0.1) is 0 Å². The van der Waals surface area contributed by atoms with E-state index in [1.807, 2.05) is 24.3 Å². The van der Waals surface area contributed by atoms with E-state index in [-0.39, 0.29) is 27.3 Å². The second kappa shape index (κ2) is 13.2. The van der Waals surface area contributed by atoms with Crippen LogP contribution in [0.2, 0.25) is 10.0 Å². The molecule has 224 valence electrons. The second-order valence-corrected chi connectivity index (χ2v) is 11.2. The number of halogens is 2. The van der Waals surface area contributed by atoms with Crippen LogP contribution in [-0.4, -0.2) is 68.5 Å². The predicted octanol–water partition coefficient (Wildman–Crippen LogP) is 6.09. The Kier molecular flexibility index (Phi) is 9.40. The number of amides is 1. The molecule has 43 heavy (non-hydrogen) atoms. The zero-order valence-electron chi connectivity index (χ0n) is 24.5. The van der Waals surface area contributed by atoms with Gasteiger partial charge in [-0.25, -0.2) is 0 Å². The number of carbonyl (C=O) groups is 2. The van der Waals surface area contributed by atoms with Crippen LogP contribution in [0.5, 0.6) is 11.5 Å². The Bertz CT molecular complexity index is 1580. The number of piperazine rings is 1. The van der Waals surface area contributed by atoms with Crippen LogP contribution >= 0.6 is 23.2 Å². The molecule has 0 bridgehead atoms. The number of pyridine rings is 1. The fourth-order valence-corrected chi connectivity index (χ4v) is 6.16. The van der Waals surface area contributed by atoms with Crippen molar-refractivity contribution in [2.75, 3.05) is 57.2 Å². The summed E-state index contributed by atoms with van der Waals surface area (Å²) >= 11 is 13.0. The van der Waals surface area contributed by atoms with Crippen LogP contribution in [-0.2, 0) is 17.6 Å². The highest BCUT2D eigenvalue weighted by atomic mass is 35.5. The van der Waals surface area contributed by atoms with E-state index in [9.17, 15) is 9.59 Å². The monoisotopic (exact) mass is 620 g/mol. The minimum Gasteiger partial charge on any atom is -0.495 e. The molecule has 1 aromatic heterocycles. The van der Waals surface area contributed by atoms with Gasteiger partial charge in [-0.15, -0.1) is 0 Å². The van der Waals surface area contributed by atoms with Crippen molar-refractivity contribution in [3.63, 3.8) is 0 Å². The molecule has 8 nitrogen and oxygen atoms in total. The molecule has 0 saturated carbocycles. The maximum atomic E-state index is 13.6. The molecule has 1 saturated heterocycles. The topological polar surface area (TPSA) is 84.0 Å². The number of nitrogens with zero attached hydrogens (tertiary/aromatic N) is 3. The molecule has 0 spiro atoms. The number of nitrogens with one attached hydrogen (secondary N) is 1. The summed E-state index contributed by atoms with van der Waals surface area (Å²) in [5.41, 5.74) is 6.04. The molecule has 5 rings (SSSR count). The Morgan fingerprint density at radius 3 is 2.37 bits per heavy atom. The number of Topliss-reactive ketones (excluding diaryl/α,β-unsaturated/α-hetero) is 1. The average molecular weight is 622 g/mol. The molecule has 1 N–H and O–H groups in total. The molecular formula is C33H34Cl2N4O4. The van der Waals surface area contributed by atoms with E-state index in [0.29, 0.717) is 29.9 Å². The second-order valence-electron chi connectivity index (χ2n) is 10.5. The first-order valence-electron chi connectivity index (χ1n) is 14.1. The number of hydrogen-bond acceptors (Lipinski definition) is 7. The van der Waals surface area contributed by atoms with Crippen LogP contribution in [0.4, 0.5) is 11.4 Å². The summed E-state index contributed by atoms with van der Waals surface area (Å²) in [6.45, 7) is 10.7. The van der Waals surface area contributed by atoms with Crippen LogP contribution in [0.25, 0.3) is 6.08 Å².